The molecule has 0 atom stereocenters. The molecule has 3 N–H and O–H groups in total. The van der Waals surface area contributed by atoms with E-state index in [1.165, 1.54) is 12.1 Å². The van der Waals surface area contributed by atoms with E-state index in [2.05, 4.69) is 25.3 Å². The second-order valence-corrected chi connectivity index (χ2v) is 7.58. The third-order valence-corrected chi connectivity index (χ3v) is 4.76. The van der Waals surface area contributed by atoms with Crippen molar-refractivity contribution in [2.24, 2.45) is 0 Å². The van der Waals surface area contributed by atoms with E-state index in [-0.39, 0.29) is 10.8 Å². The van der Waals surface area contributed by atoms with Gasteiger partial charge in [-0.15, -0.1) is 0 Å². The Hall–Kier alpha value is -2.26. The highest BCUT2D eigenvalue weighted by Crippen LogP contribution is 2.17. The number of nitrogens with zero attached hydrogens (tertiary/aromatic N) is 2. The number of rotatable bonds is 6. The highest BCUT2D eigenvalue weighted by molar-refractivity contribution is 7.92. The Bertz CT molecular complexity index is 831. The summed E-state index contributed by atoms with van der Waals surface area (Å²) >= 11 is 5.15. The average molecular weight is 380 g/mol. The minimum absolute atomic E-state index is 0.0599. The lowest BCUT2D eigenvalue weighted by molar-refractivity contribution is 0.601. The third-order valence-electron chi connectivity index (χ3n) is 3.17. The highest BCUT2D eigenvalue weighted by Gasteiger charge is 2.16. The van der Waals surface area contributed by atoms with E-state index in [0.29, 0.717) is 22.2 Å². The Morgan fingerprint density at radius 1 is 1.12 bits per heavy atom. The largest absolute Gasteiger partial charge is 0.362 e. The van der Waals surface area contributed by atoms with Gasteiger partial charge in [-0.05, 0) is 62.8 Å². The molecule has 0 spiro atoms. The summed E-state index contributed by atoms with van der Waals surface area (Å²) in [5, 5.41) is 6.54. The van der Waals surface area contributed by atoms with Gasteiger partial charge in [0.05, 0.1) is 4.90 Å². The molecule has 0 aliphatic carbocycles. The molecular formula is C16H21N5O2S2. The van der Waals surface area contributed by atoms with E-state index < -0.39 is 10.0 Å². The van der Waals surface area contributed by atoms with E-state index in [4.69, 9.17) is 12.2 Å². The molecule has 7 nitrogen and oxygen atoms in total. The first-order valence-corrected chi connectivity index (χ1v) is 9.69. The number of benzene rings is 1. The number of sulfonamides is 1. The molecule has 1 aromatic heterocycles. The zero-order valence-electron chi connectivity index (χ0n) is 14.3. The molecule has 0 bridgehead atoms. The van der Waals surface area contributed by atoms with Crippen LogP contribution in [0, 0.1) is 13.8 Å². The van der Waals surface area contributed by atoms with Crippen molar-refractivity contribution in [2.45, 2.75) is 32.1 Å². The molecular weight excluding hydrogens is 358 g/mol. The lowest BCUT2D eigenvalue weighted by Crippen LogP contribution is -2.28. The van der Waals surface area contributed by atoms with Crippen LogP contribution in [0.25, 0.3) is 0 Å². The Morgan fingerprint density at radius 2 is 1.72 bits per heavy atom. The molecule has 0 saturated heterocycles. The summed E-state index contributed by atoms with van der Waals surface area (Å²) in [5.74, 6) is 0.0599. The van der Waals surface area contributed by atoms with Crippen molar-refractivity contribution in [2.75, 3.05) is 16.6 Å². The Labute approximate surface area is 153 Å². The molecule has 25 heavy (non-hydrogen) atoms. The van der Waals surface area contributed by atoms with Gasteiger partial charge >= 0.3 is 0 Å². The van der Waals surface area contributed by atoms with E-state index in [1.807, 2.05) is 6.92 Å². The summed E-state index contributed by atoms with van der Waals surface area (Å²) in [7, 11) is -3.76. The van der Waals surface area contributed by atoms with Crippen LogP contribution in [0.3, 0.4) is 0 Å². The van der Waals surface area contributed by atoms with Crippen LogP contribution in [-0.4, -0.2) is 30.0 Å². The van der Waals surface area contributed by atoms with Gasteiger partial charge in [0.25, 0.3) is 10.0 Å². The number of aromatic nitrogens is 2. The third kappa shape index (κ3) is 5.64. The van der Waals surface area contributed by atoms with E-state index in [1.54, 1.807) is 32.0 Å². The van der Waals surface area contributed by atoms with Crippen LogP contribution in [0.1, 0.15) is 24.7 Å². The minimum Gasteiger partial charge on any atom is -0.362 e. The predicted octanol–water partition coefficient (Wildman–Crippen LogP) is 2.59. The first-order chi connectivity index (χ1) is 11.8. The minimum atomic E-state index is -3.76. The lowest BCUT2D eigenvalue weighted by atomic mass is 10.3. The van der Waals surface area contributed by atoms with Crippen LogP contribution in [0.4, 0.5) is 11.6 Å². The van der Waals surface area contributed by atoms with Crippen LogP contribution in [0.2, 0.25) is 0 Å². The van der Waals surface area contributed by atoms with Gasteiger partial charge in [-0.2, -0.15) is 0 Å². The fourth-order valence-corrected chi connectivity index (χ4v) is 3.25. The molecule has 0 unspecified atom stereocenters. The summed E-state index contributed by atoms with van der Waals surface area (Å²) in [4.78, 5) is 8.30. The first kappa shape index (κ1) is 19.1. The van der Waals surface area contributed by atoms with Crippen LogP contribution in [0.15, 0.2) is 35.2 Å². The SMILES string of the molecule is CCCNC(=S)Nc1ccc(S(=O)(=O)Nc2nc(C)cc(C)n2)cc1. The maximum atomic E-state index is 12.4. The van der Waals surface area contributed by atoms with E-state index >= 15 is 0 Å². The van der Waals surface area contributed by atoms with E-state index in [9.17, 15) is 8.42 Å². The van der Waals surface area contributed by atoms with Crippen molar-refractivity contribution in [3.8, 4) is 0 Å². The van der Waals surface area contributed by atoms with Crippen LogP contribution < -0.4 is 15.4 Å². The Kier molecular flexibility index (Phi) is 6.27. The maximum Gasteiger partial charge on any atom is 0.264 e. The number of hydrogen-bond acceptors (Lipinski definition) is 5. The summed E-state index contributed by atoms with van der Waals surface area (Å²) in [6, 6.07) is 8.06. The topological polar surface area (TPSA) is 96.0 Å². The van der Waals surface area contributed by atoms with Gasteiger partial charge in [-0.1, -0.05) is 6.92 Å². The number of nitrogens with one attached hydrogen (secondary N) is 3. The quantitative estimate of drug-likeness (QED) is 0.664. The number of aryl methyl sites for hydroxylation is 2. The molecule has 134 valence electrons. The first-order valence-electron chi connectivity index (χ1n) is 7.80. The van der Waals surface area contributed by atoms with Crippen LogP contribution >= 0.6 is 12.2 Å². The lowest BCUT2D eigenvalue weighted by Gasteiger charge is -2.11. The van der Waals surface area contributed by atoms with Crippen molar-refractivity contribution in [3.63, 3.8) is 0 Å². The monoisotopic (exact) mass is 379 g/mol. The Balaban J connectivity index is 2.10. The van der Waals surface area contributed by atoms with Crippen molar-refractivity contribution in [1.29, 1.82) is 0 Å². The fourth-order valence-electron chi connectivity index (χ4n) is 2.08. The normalized spacial score (nSPS) is 11.0. The maximum absolute atomic E-state index is 12.4. The number of hydrogen-bond donors (Lipinski definition) is 3. The molecule has 0 aliphatic rings. The molecule has 1 heterocycles. The molecule has 2 rings (SSSR count). The number of thiocarbonyl (C=S) groups is 1. The van der Waals surface area contributed by atoms with Crippen molar-refractivity contribution >= 4 is 39.0 Å². The van der Waals surface area contributed by atoms with Gasteiger partial charge in [-0.3, -0.25) is 0 Å². The van der Waals surface area contributed by atoms with Crippen molar-refractivity contribution in [1.82, 2.24) is 15.3 Å². The van der Waals surface area contributed by atoms with Crippen molar-refractivity contribution in [3.05, 3.63) is 41.7 Å². The van der Waals surface area contributed by atoms with Crippen molar-refractivity contribution < 1.29 is 8.42 Å². The summed E-state index contributed by atoms with van der Waals surface area (Å²) in [5.41, 5.74) is 2.09. The molecule has 0 amide bonds. The van der Waals surface area contributed by atoms with Gasteiger partial charge in [0.2, 0.25) is 5.95 Å². The Morgan fingerprint density at radius 3 is 2.28 bits per heavy atom. The van der Waals surface area contributed by atoms with Gasteiger partial charge < -0.3 is 10.6 Å². The highest BCUT2D eigenvalue weighted by atomic mass is 32.2. The fraction of sp³-hybridized carbons (Fsp3) is 0.312. The second kappa shape index (κ2) is 8.21. The standard InChI is InChI=1S/C16H21N5O2S2/c1-4-9-17-16(24)20-13-5-7-14(8-6-13)25(22,23)21-15-18-11(2)10-12(3)19-15/h5-8,10H,4,9H2,1-3H3,(H2,17,20,24)(H,18,19,21). The van der Waals surface area contributed by atoms with Crippen LogP contribution in [0.5, 0.6) is 0 Å². The molecule has 1 aromatic carbocycles. The zero-order valence-corrected chi connectivity index (χ0v) is 16.0. The summed E-state index contributed by atoms with van der Waals surface area (Å²) in [6.07, 6.45) is 0.963. The second-order valence-electron chi connectivity index (χ2n) is 5.49. The molecule has 2 aromatic rings. The molecule has 9 heteroatoms. The number of anilines is 2. The molecule has 0 saturated carbocycles. The average Bonchev–Trinajstić information content (AvgIpc) is 2.52. The predicted molar refractivity (Wildman–Crippen MR) is 103 cm³/mol. The summed E-state index contributed by atoms with van der Waals surface area (Å²) < 4.78 is 27.3. The summed E-state index contributed by atoms with van der Waals surface area (Å²) in [6.45, 7) is 6.38. The molecule has 0 aliphatic heterocycles. The van der Waals surface area contributed by atoms with E-state index in [0.717, 1.165) is 13.0 Å². The van der Waals surface area contributed by atoms with Gasteiger partial charge in [0.15, 0.2) is 5.11 Å². The van der Waals surface area contributed by atoms with Gasteiger partial charge in [0.1, 0.15) is 0 Å². The smallest absolute Gasteiger partial charge is 0.264 e. The van der Waals surface area contributed by atoms with Crippen LogP contribution in [-0.2, 0) is 10.0 Å². The molecule has 0 radical (unpaired) electrons. The van der Waals surface area contributed by atoms with Gasteiger partial charge in [0, 0.05) is 23.6 Å². The zero-order chi connectivity index (χ0) is 18.4. The molecule has 0 fully saturated rings. The van der Waals surface area contributed by atoms with Gasteiger partial charge in [-0.25, -0.2) is 23.1 Å².